The zero-order valence-corrected chi connectivity index (χ0v) is 14.1. The van der Waals surface area contributed by atoms with Crippen molar-refractivity contribution < 1.29 is 17.4 Å². The van der Waals surface area contributed by atoms with Gasteiger partial charge in [0.25, 0.3) is 0 Å². The van der Waals surface area contributed by atoms with Crippen LogP contribution in [-0.2, 0) is 10.8 Å². The number of hydrogen-bond donors (Lipinski definition) is 0. The van der Waals surface area contributed by atoms with Crippen molar-refractivity contribution in [1.29, 1.82) is 0 Å². The molecule has 0 bridgehead atoms. The van der Waals surface area contributed by atoms with E-state index in [1.54, 1.807) is 6.07 Å². The fourth-order valence-electron chi connectivity index (χ4n) is 2.18. The van der Waals surface area contributed by atoms with Crippen LogP contribution in [0, 0.1) is 0 Å². The first-order valence-corrected chi connectivity index (χ1v) is 9.01. The Hall–Kier alpha value is -0.890. The van der Waals surface area contributed by atoms with Crippen molar-refractivity contribution in [3.63, 3.8) is 0 Å². The fraction of sp³-hybridized carbons (Fsp3) is 0.600. The van der Waals surface area contributed by atoms with Gasteiger partial charge in [-0.25, -0.2) is 0 Å². The average molecular weight is 304 g/mol. The van der Waals surface area contributed by atoms with E-state index in [2.05, 4.69) is 0 Å². The summed E-state index contributed by atoms with van der Waals surface area (Å²) in [5, 5.41) is 0. The van der Waals surface area contributed by atoms with E-state index in [1.165, 1.54) is 0 Å². The number of hydrogen-bond acceptors (Lipinski definition) is 2. The minimum atomic E-state index is -5.51. The van der Waals surface area contributed by atoms with Crippen molar-refractivity contribution in [2.24, 2.45) is 0 Å². The Bertz CT molecular complexity index is 560. The van der Waals surface area contributed by atoms with Crippen molar-refractivity contribution in [3.8, 4) is 11.5 Å². The van der Waals surface area contributed by atoms with Gasteiger partial charge in [-0.2, -0.15) is 0 Å². The fourth-order valence-corrected chi connectivity index (χ4v) is 3.37. The molecule has 0 aliphatic carbocycles. The van der Waals surface area contributed by atoms with E-state index < -0.39 is 7.68 Å². The summed E-state index contributed by atoms with van der Waals surface area (Å²) in [5.74, 6) is 0.378. The van der Waals surface area contributed by atoms with Gasteiger partial charge in [0.15, 0.2) is 0 Å². The monoisotopic (exact) mass is 304 g/mol. The first-order chi connectivity index (χ1) is 8.67. The van der Waals surface area contributed by atoms with Crippen LogP contribution in [-0.4, -0.2) is 6.66 Å². The SMILES string of the molecule is CC(C)(C)c1cc2c(c(C(C)(C)C)c1)OP(C)(F)(F)O2. The molecule has 0 spiro atoms. The van der Waals surface area contributed by atoms with Crippen LogP contribution < -0.4 is 9.05 Å². The van der Waals surface area contributed by atoms with E-state index in [0.29, 0.717) is 0 Å². The molecule has 0 aromatic heterocycles. The first kappa shape index (κ1) is 15.5. The first-order valence-electron chi connectivity index (χ1n) is 6.71. The molecule has 0 atom stereocenters. The zero-order valence-electron chi connectivity index (χ0n) is 13.2. The second kappa shape index (κ2) is 3.85. The molecule has 1 aromatic rings. The van der Waals surface area contributed by atoms with Gasteiger partial charge in [0, 0.05) is 0 Å². The standard InChI is InChI=1S/C15H23F2O2P/c1-14(2,3)10-8-11(15(4,5)6)13-12(9-10)18-20(7,16,17)19-13/h8-9H,1-7H3. The Balaban J connectivity index is 2.69. The van der Waals surface area contributed by atoms with Crippen molar-refractivity contribution in [3.05, 3.63) is 23.3 Å². The van der Waals surface area contributed by atoms with Crippen LogP contribution >= 0.6 is 7.68 Å². The average Bonchev–Trinajstić information content (AvgIpc) is 2.41. The number of fused-ring (bicyclic) bond motifs is 1. The van der Waals surface area contributed by atoms with Crippen LogP contribution in [0.2, 0.25) is 0 Å². The van der Waals surface area contributed by atoms with E-state index in [0.717, 1.165) is 17.8 Å². The predicted octanol–water partition coefficient (Wildman–Crippen LogP) is 5.83. The molecule has 0 saturated heterocycles. The summed E-state index contributed by atoms with van der Waals surface area (Å²) in [5.41, 5.74) is 1.30. The summed E-state index contributed by atoms with van der Waals surface area (Å²) < 4.78 is 38.1. The number of halogens is 2. The molecule has 1 aliphatic rings. The molecule has 1 aliphatic heterocycles. The molecule has 0 amide bonds. The summed E-state index contributed by atoms with van der Waals surface area (Å²) in [7, 11) is -5.51. The van der Waals surface area contributed by atoms with Crippen LogP contribution in [0.5, 0.6) is 11.5 Å². The minimum absolute atomic E-state index is 0.141. The van der Waals surface area contributed by atoms with E-state index in [4.69, 9.17) is 9.05 Å². The number of rotatable bonds is 0. The van der Waals surface area contributed by atoms with Gasteiger partial charge in [-0.15, -0.1) is 0 Å². The summed E-state index contributed by atoms with van der Waals surface area (Å²) >= 11 is 0. The van der Waals surface area contributed by atoms with Gasteiger partial charge < -0.3 is 0 Å². The molecule has 1 aromatic carbocycles. The summed E-state index contributed by atoms with van der Waals surface area (Å²) in [6.07, 6.45) is 0. The van der Waals surface area contributed by atoms with Crippen molar-refractivity contribution in [2.75, 3.05) is 6.66 Å². The molecular formula is C15H23F2O2P. The zero-order chi connectivity index (χ0) is 15.6. The van der Waals surface area contributed by atoms with Crippen LogP contribution in [0.15, 0.2) is 12.1 Å². The van der Waals surface area contributed by atoms with Gasteiger partial charge in [-0.05, 0) is 0 Å². The van der Waals surface area contributed by atoms with Gasteiger partial charge in [0.05, 0.1) is 0 Å². The topological polar surface area (TPSA) is 18.5 Å². The van der Waals surface area contributed by atoms with Gasteiger partial charge in [-0.3, -0.25) is 0 Å². The maximum absolute atomic E-state index is 14.1. The third-order valence-electron chi connectivity index (χ3n) is 3.31. The summed E-state index contributed by atoms with van der Waals surface area (Å²) in [6, 6.07) is 3.64. The molecule has 2 rings (SSSR count). The molecule has 0 N–H and O–H groups in total. The molecule has 2 nitrogen and oxygen atoms in total. The van der Waals surface area contributed by atoms with Crippen molar-refractivity contribution in [1.82, 2.24) is 0 Å². The van der Waals surface area contributed by atoms with E-state index in [1.807, 2.05) is 47.6 Å². The van der Waals surface area contributed by atoms with Gasteiger partial charge in [0.1, 0.15) is 0 Å². The summed E-state index contributed by atoms with van der Waals surface area (Å²) in [6.45, 7) is 12.9. The predicted molar refractivity (Wildman–Crippen MR) is 80.2 cm³/mol. The van der Waals surface area contributed by atoms with E-state index in [9.17, 15) is 8.39 Å². The molecule has 1 heterocycles. The number of benzene rings is 1. The molecular weight excluding hydrogens is 281 g/mol. The maximum atomic E-state index is 14.1. The Morgan fingerprint density at radius 3 is 1.90 bits per heavy atom. The molecule has 20 heavy (non-hydrogen) atoms. The second-order valence-electron chi connectivity index (χ2n) is 7.65. The molecule has 0 radical (unpaired) electrons. The summed E-state index contributed by atoms with van der Waals surface area (Å²) in [4.78, 5) is 0. The van der Waals surface area contributed by atoms with Crippen molar-refractivity contribution in [2.45, 2.75) is 52.4 Å². The second-order valence-corrected chi connectivity index (χ2v) is 10.3. The Morgan fingerprint density at radius 2 is 1.45 bits per heavy atom. The third-order valence-corrected chi connectivity index (χ3v) is 4.48. The van der Waals surface area contributed by atoms with Gasteiger partial charge in [0.2, 0.25) is 0 Å². The van der Waals surface area contributed by atoms with E-state index in [-0.39, 0.29) is 22.3 Å². The molecule has 0 fully saturated rings. The van der Waals surface area contributed by atoms with Crippen molar-refractivity contribution >= 4 is 7.68 Å². The molecule has 114 valence electrons. The molecule has 0 saturated carbocycles. The Kier molecular flexibility index (Phi) is 2.98. The van der Waals surface area contributed by atoms with Gasteiger partial charge in [-0.1, -0.05) is 0 Å². The normalized spacial score (nSPS) is 22.1. The van der Waals surface area contributed by atoms with Gasteiger partial charge >= 0.3 is 119 Å². The van der Waals surface area contributed by atoms with Crippen LogP contribution in [0.4, 0.5) is 8.39 Å². The Morgan fingerprint density at radius 1 is 0.900 bits per heavy atom. The van der Waals surface area contributed by atoms with Crippen LogP contribution in [0.3, 0.4) is 0 Å². The third kappa shape index (κ3) is 2.90. The Labute approximate surface area is 119 Å². The molecule has 5 heteroatoms. The quantitative estimate of drug-likeness (QED) is 0.561. The molecule has 0 unspecified atom stereocenters. The van der Waals surface area contributed by atoms with Crippen LogP contribution in [0.1, 0.15) is 52.7 Å². The van der Waals surface area contributed by atoms with Crippen LogP contribution in [0.25, 0.3) is 0 Å². The van der Waals surface area contributed by atoms with E-state index >= 15 is 0 Å².